The zero-order valence-corrected chi connectivity index (χ0v) is 7.31. The minimum absolute atomic E-state index is 1.13. The smallest absolute Gasteiger partial charge is 0.137 e. The monoisotopic (exact) mass is 171 g/mol. The van der Waals surface area contributed by atoms with Crippen molar-refractivity contribution < 1.29 is 0 Å². The van der Waals surface area contributed by atoms with E-state index in [0.29, 0.717) is 0 Å². The standard InChI is InChI=1S/C10H9N3/c1-12-8-4-2-3-5-9(8)13-7-11-6-10(12)13/h2-7H,1H3. The fourth-order valence-corrected chi connectivity index (χ4v) is 1.80. The van der Waals surface area contributed by atoms with E-state index >= 15 is 0 Å². The molecule has 0 aliphatic heterocycles. The van der Waals surface area contributed by atoms with E-state index in [4.69, 9.17) is 0 Å². The maximum atomic E-state index is 4.11. The molecule has 0 saturated heterocycles. The molecule has 0 bridgehead atoms. The minimum Gasteiger partial charge on any atom is -0.327 e. The van der Waals surface area contributed by atoms with Gasteiger partial charge in [0.25, 0.3) is 0 Å². The van der Waals surface area contributed by atoms with Crippen LogP contribution >= 0.6 is 0 Å². The third-order valence-electron chi connectivity index (χ3n) is 2.47. The number of hydrogen-bond acceptors (Lipinski definition) is 1. The Kier molecular flexibility index (Phi) is 1.10. The Hall–Kier alpha value is -1.77. The van der Waals surface area contributed by atoms with Gasteiger partial charge in [0.05, 0.1) is 17.2 Å². The Labute approximate surface area is 75.2 Å². The van der Waals surface area contributed by atoms with Gasteiger partial charge in [0.1, 0.15) is 12.0 Å². The van der Waals surface area contributed by atoms with Crippen molar-refractivity contribution in [3.05, 3.63) is 36.8 Å². The molecule has 0 aliphatic rings. The highest BCUT2D eigenvalue weighted by Gasteiger charge is 2.05. The van der Waals surface area contributed by atoms with E-state index in [1.807, 2.05) is 18.6 Å². The second kappa shape index (κ2) is 2.13. The van der Waals surface area contributed by atoms with Crippen molar-refractivity contribution in [1.82, 2.24) is 14.0 Å². The van der Waals surface area contributed by atoms with Crippen LogP contribution in [-0.2, 0) is 7.05 Å². The highest BCUT2D eigenvalue weighted by atomic mass is 15.1. The van der Waals surface area contributed by atoms with Crippen molar-refractivity contribution >= 4 is 16.7 Å². The number of benzene rings is 1. The Morgan fingerprint density at radius 2 is 1.92 bits per heavy atom. The average Bonchev–Trinajstić information content (AvgIpc) is 2.72. The second-order valence-electron chi connectivity index (χ2n) is 3.17. The number of imidazole rings is 2. The average molecular weight is 171 g/mol. The Bertz CT molecular complexity index is 574. The molecule has 0 saturated carbocycles. The second-order valence-corrected chi connectivity index (χ2v) is 3.17. The molecule has 0 amide bonds. The van der Waals surface area contributed by atoms with Gasteiger partial charge in [-0.1, -0.05) is 12.1 Å². The quantitative estimate of drug-likeness (QED) is 0.505. The molecule has 3 aromatic rings. The van der Waals surface area contributed by atoms with E-state index in [2.05, 4.69) is 39.2 Å². The number of para-hydroxylation sites is 2. The van der Waals surface area contributed by atoms with E-state index in [0.717, 1.165) is 5.65 Å². The third kappa shape index (κ3) is 0.710. The summed E-state index contributed by atoms with van der Waals surface area (Å²) in [4.78, 5) is 4.11. The Morgan fingerprint density at radius 1 is 1.15 bits per heavy atom. The lowest BCUT2D eigenvalue weighted by Crippen LogP contribution is -1.85. The highest BCUT2D eigenvalue weighted by molar-refractivity contribution is 5.81. The first-order valence-corrected chi connectivity index (χ1v) is 4.23. The third-order valence-corrected chi connectivity index (χ3v) is 2.47. The van der Waals surface area contributed by atoms with Gasteiger partial charge in [-0.15, -0.1) is 0 Å². The lowest BCUT2D eigenvalue weighted by molar-refractivity contribution is 0.994. The van der Waals surface area contributed by atoms with Crippen molar-refractivity contribution in [2.45, 2.75) is 0 Å². The zero-order valence-electron chi connectivity index (χ0n) is 7.31. The molecule has 0 radical (unpaired) electrons. The summed E-state index contributed by atoms with van der Waals surface area (Å²) < 4.78 is 4.23. The number of hydrogen-bond donors (Lipinski definition) is 0. The molecular weight excluding hydrogens is 162 g/mol. The van der Waals surface area contributed by atoms with E-state index in [1.165, 1.54) is 11.0 Å². The van der Waals surface area contributed by atoms with Crippen LogP contribution in [0.4, 0.5) is 0 Å². The fourth-order valence-electron chi connectivity index (χ4n) is 1.80. The van der Waals surface area contributed by atoms with Crippen LogP contribution in [0.5, 0.6) is 0 Å². The van der Waals surface area contributed by atoms with Crippen LogP contribution in [0.2, 0.25) is 0 Å². The molecule has 0 N–H and O–H groups in total. The highest BCUT2D eigenvalue weighted by Crippen LogP contribution is 2.18. The maximum absolute atomic E-state index is 4.11. The van der Waals surface area contributed by atoms with Crippen LogP contribution in [-0.4, -0.2) is 14.0 Å². The molecule has 0 spiro atoms. The first-order chi connectivity index (χ1) is 6.38. The number of nitrogens with zero attached hydrogens (tertiary/aromatic N) is 3. The molecule has 0 fully saturated rings. The van der Waals surface area contributed by atoms with Crippen LogP contribution < -0.4 is 0 Å². The molecule has 13 heavy (non-hydrogen) atoms. The van der Waals surface area contributed by atoms with Crippen molar-refractivity contribution in [1.29, 1.82) is 0 Å². The van der Waals surface area contributed by atoms with Gasteiger partial charge in [-0.2, -0.15) is 0 Å². The van der Waals surface area contributed by atoms with Crippen LogP contribution in [0.3, 0.4) is 0 Å². The van der Waals surface area contributed by atoms with Crippen molar-refractivity contribution in [2.75, 3.05) is 0 Å². The molecule has 0 aliphatic carbocycles. The van der Waals surface area contributed by atoms with Crippen molar-refractivity contribution in [3.8, 4) is 0 Å². The van der Waals surface area contributed by atoms with Crippen molar-refractivity contribution in [3.63, 3.8) is 0 Å². The normalized spacial score (nSPS) is 11.5. The first kappa shape index (κ1) is 6.71. The van der Waals surface area contributed by atoms with E-state index in [9.17, 15) is 0 Å². The van der Waals surface area contributed by atoms with E-state index in [-0.39, 0.29) is 0 Å². The summed E-state index contributed by atoms with van der Waals surface area (Å²) in [6, 6.07) is 8.31. The molecule has 64 valence electrons. The maximum Gasteiger partial charge on any atom is 0.137 e. The van der Waals surface area contributed by atoms with Gasteiger partial charge in [-0.25, -0.2) is 4.98 Å². The molecule has 3 nitrogen and oxygen atoms in total. The lowest BCUT2D eigenvalue weighted by atomic mass is 10.3. The van der Waals surface area contributed by atoms with Crippen LogP contribution in [0, 0.1) is 0 Å². The first-order valence-electron chi connectivity index (χ1n) is 4.23. The van der Waals surface area contributed by atoms with E-state index < -0.39 is 0 Å². The van der Waals surface area contributed by atoms with Crippen LogP contribution in [0.15, 0.2) is 36.8 Å². The fraction of sp³-hybridized carbons (Fsp3) is 0.100. The summed E-state index contributed by atoms with van der Waals surface area (Å²) in [5, 5.41) is 0. The topological polar surface area (TPSA) is 22.2 Å². The molecule has 0 unspecified atom stereocenters. The van der Waals surface area contributed by atoms with Gasteiger partial charge in [-0.05, 0) is 12.1 Å². The van der Waals surface area contributed by atoms with Gasteiger partial charge < -0.3 is 4.57 Å². The van der Waals surface area contributed by atoms with Gasteiger partial charge in [0.2, 0.25) is 0 Å². The Morgan fingerprint density at radius 3 is 2.77 bits per heavy atom. The van der Waals surface area contributed by atoms with Gasteiger partial charge >= 0.3 is 0 Å². The zero-order chi connectivity index (χ0) is 8.84. The van der Waals surface area contributed by atoms with E-state index in [1.54, 1.807) is 0 Å². The molecule has 2 aromatic heterocycles. The van der Waals surface area contributed by atoms with Crippen LogP contribution in [0.25, 0.3) is 16.7 Å². The summed E-state index contributed by atoms with van der Waals surface area (Å²) in [6.07, 6.45) is 3.72. The summed E-state index contributed by atoms with van der Waals surface area (Å²) in [5.41, 5.74) is 3.57. The van der Waals surface area contributed by atoms with Crippen LogP contribution in [0.1, 0.15) is 0 Å². The number of fused-ring (bicyclic) bond motifs is 3. The predicted molar refractivity (Wildman–Crippen MR) is 51.7 cm³/mol. The molecule has 0 atom stereocenters. The number of aromatic nitrogens is 3. The molecule has 1 aromatic carbocycles. The summed E-state index contributed by atoms with van der Waals surface area (Å²) in [7, 11) is 2.05. The predicted octanol–water partition coefficient (Wildman–Crippen LogP) is 1.83. The Balaban J connectivity index is 2.72. The SMILES string of the molecule is Cn1c2ccccc2n2cncc12. The molecule has 3 heteroatoms. The summed E-state index contributed by atoms with van der Waals surface area (Å²) in [5.74, 6) is 0. The molecular formula is C10H9N3. The van der Waals surface area contributed by atoms with Gasteiger partial charge in [0.15, 0.2) is 0 Å². The molecule has 3 rings (SSSR count). The summed E-state index contributed by atoms with van der Waals surface area (Å²) in [6.45, 7) is 0. The number of rotatable bonds is 0. The van der Waals surface area contributed by atoms with Gasteiger partial charge in [-0.3, -0.25) is 4.40 Å². The van der Waals surface area contributed by atoms with Gasteiger partial charge in [0, 0.05) is 7.05 Å². The molecule has 2 heterocycles. The summed E-state index contributed by atoms with van der Waals surface area (Å²) >= 11 is 0. The minimum atomic E-state index is 1.13. The lowest BCUT2D eigenvalue weighted by Gasteiger charge is -1.92. The largest absolute Gasteiger partial charge is 0.327 e. The number of aryl methyl sites for hydroxylation is 1. The van der Waals surface area contributed by atoms with Crippen molar-refractivity contribution in [2.24, 2.45) is 7.05 Å².